The summed E-state index contributed by atoms with van der Waals surface area (Å²) in [6.45, 7) is 0. The van der Waals surface area contributed by atoms with Crippen molar-refractivity contribution < 1.29 is 18.0 Å². The zero-order valence-electron chi connectivity index (χ0n) is 8.32. The lowest BCUT2D eigenvalue weighted by atomic mass is 10.1. The van der Waals surface area contributed by atoms with Gasteiger partial charge in [0.15, 0.2) is 5.82 Å². The standard InChI is InChI=1S/C10H6F3N3O/c11-10(12,13)9-14-8(15-16-9)7-3-1-6(5-17)2-4-7/h1-5H,(H,14,15,16). The molecule has 0 amide bonds. The van der Waals surface area contributed by atoms with Crippen molar-refractivity contribution in [3.63, 3.8) is 0 Å². The van der Waals surface area contributed by atoms with Crippen LogP contribution in [0.4, 0.5) is 13.2 Å². The summed E-state index contributed by atoms with van der Waals surface area (Å²) >= 11 is 0. The molecule has 0 aliphatic rings. The van der Waals surface area contributed by atoms with Gasteiger partial charge in [-0.1, -0.05) is 24.3 Å². The van der Waals surface area contributed by atoms with Gasteiger partial charge in [-0.25, -0.2) is 4.98 Å². The number of aromatic nitrogens is 3. The molecule has 0 aliphatic heterocycles. The minimum absolute atomic E-state index is 0.0604. The van der Waals surface area contributed by atoms with Crippen LogP contribution in [-0.2, 0) is 6.18 Å². The van der Waals surface area contributed by atoms with Gasteiger partial charge in [-0.2, -0.15) is 18.3 Å². The van der Waals surface area contributed by atoms with Gasteiger partial charge in [-0.15, -0.1) is 0 Å². The van der Waals surface area contributed by atoms with Crippen LogP contribution in [-0.4, -0.2) is 21.5 Å². The van der Waals surface area contributed by atoms with Crippen LogP contribution in [0.1, 0.15) is 16.2 Å². The second kappa shape index (κ2) is 4.00. The fourth-order valence-corrected chi connectivity index (χ4v) is 1.23. The van der Waals surface area contributed by atoms with Gasteiger partial charge in [-0.3, -0.25) is 9.89 Å². The minimum atomic E-state index is -4.55. The number of aromatic amines is 1. The minimum Gasteiger partial charge on any atom is -0.298 e. The topological polar surface area (TPSA) is 58.6 Å². The Labute approximate surface area is 93.5 Å². The molecule has 0 atom stereocenters. The summed E-state index contributed by atoms with van der Waals surface area (Å²) in [7, 11) is 0. The fraction of sp³-hybridized carbons (Fsp3) is 0.100. The maximum Gasteiger partial charge on any atom is 0.451 e. The van der Waals surface area contributed by atoms with Crippen LogP contribution < -0.4 is 0 Å². The summed E-state index contributed by atoms with van der Waals surface area (Å²) in [6.07, 6.45) is -3.91. The third kappa shape index (κ3) is 2.32. The molecule has 0 radical (unpaired) electrons. The van der Waals surface area contributed by atoms with E-state index in [0.29, 0.717) is 17.4 Å². The number of aldehydes is 1. The van der Waals surface area contributed by atoms with Gasteiger partial charge in [0.05, 0.1) is 0 Å². The fourth-order valence-electron chi connectivity index (χ4n) is 1.23. The molecule has 0 saturated heterocycles. The average Bonchev–Trinajstić information content (AvgIpc) is 2.78. The van der Waals surface area contributed by atoms with Crippen LogP contribution >= 0.6 is 0 Å². The van der Waals surface area contributed by atoms with Crippen molar-refractivity contribution in [3.8, 4) is 11.4 Å². The van der Waals surface area contributed by atoms with Crippen LogP contribution in [0, 0.1) is 0 Å². The Morgan fingerprint density at radius 1 is 1.18 bits per heavy atom. The summed E-state index contributed by atoms with van der Waals surface area (Å²) in [5, 5.41) is 5.28. The Hall–Kier alpha value is -2.18. The van der Waals surface area contributed by atoms with Crippen molar-refractivity contribution in [2.45, 2.75) is 6.18 Å². The van der Waals surface area contributed by atoms with E-state index in [0.717, 1.165) is 0 Å². The number of benzene rings is 1. The van der Waals surface area contributed by atoms with E-state index in [1.165, 1.54) is 24.3 Å². The molecule has 1 aromatic carbocycles. The first-order valence-electron chi connectivity index (χ1n) is 4.56. The maximum absolute atomic E-state index is 12.3. The second-order valence-electron chi connectivity index (χ2n) is 3.25. The molecule has 0 spiro atoms. The highest BCUT2D eigenvalue weighted by molar-refractivity contribution is 5.76. The van der Waals surface area contributed by atoms with Gasteiger partial charge in [0.2, 0.25) is 5.82 Å². The Kier molecular flexibility index (Phi) is 2.66. The number of hydrogen-bond donors (Lipinski definition) is 1. The first kappa shape index (κ1) is 11.3. The number of nitrogens with zero attached hydrogens (tertiary/aromatic N) is 2. The lowest BCUT2D eigenvalue weighted by Crippen LogP contribution is -2.07. The SMILES string of the molecule is O=Cc1ccc(-c2n[nH]c(C(F)(F)F)n2)cc1. The van der Waals surface area contributed by atoms with E-state index < -0.39 is 12.0 Å². The van der Waals surface area contributed by atoms with Crippen LogP contribution in [0.25, 0.3) is 11.4 Å². The molecule has 1 aromatic heterocycles. The van der Waals surface area contributed by atoms with E-state index in [4.69, 9.17) is 0 Å². The molecule has 0 bridgehead atoms. The zero-order valence-corrected chi connectivity index (χ0v) is 8.32. The van der Waals surface area contributed by atoms with Crippen LogP contribution in [0.5, 0.6) is 0 Å². The number of halogens is 3. The number of alkyl halides is 3. The van der Waals surface area contributed by atoms with Crippen LogP contribution in [0.3, 0.4) is 0 Å². The largest absolute Gasteiger partial charge is 0.451 e. The van der Waals surface area contributed by atoms with Crippen molar-refractivity contribution in [2.75, 3.05) is 0 Å². The molecule has 1 N–H and O–H groups in total. The average molecular weight is 241 g/mol. The lowest BCUT2D eigenvalue weighted by Gasteiger charge is -1.98. The van der Waals surface area contributed by atoms with E-state index in [1.54, 1.807) is 0 Å². The summed E-state index contributed by atoms with van der Waals surface area (Å²) in [6, 6.07) is 5.91. The third-order valence-corrected chi connectivity index (χ3v) is 2.06. The van der Waals surface area contributed by atoms with Gasteiger partial charge >= 0.3 is 6.18 Å². The molecule has 2 rings (SSSR count). The number of nitrogens with one attached hydrogen (secondary N) is 1. The highest BCUT2D eigenvalue weighted by atomic mass is 19.4. The number of rotatable bonds is 2. The third-order valence-electron chi connectivity index (χ3n) is 2.06. The van der Waals surface area contributed by atoms with E-state index in [1.807, 2.05) is 5.10 Å². The van der Waals surface area contributed by atoms with Gasteiger partial charge in [0.1, 0.15) is 6.29 Å². The molecule has 4 nitrogen and oxygen atoms in total. The molecule has 1 heterocycles. The molecule has 0 fully saturated rings. The summed E-state index contributed by atoms with van der Waals surface area (Å²) < 4.78 is 36.8. The number of carbonyl (C=O) groups is 1. The van der Waals surface area contributed by atoms with E-state index >= 15 is 0 Å². The van der Waals surface area contributed by atoms with Crippen molar-refractivity contribution in [3.05, 3.63) is 35.7 Å². The van der Waals surface area contributed by atoms with Crippen molar-refractivity contribution in [1.29, 1.82) is 0 Å². The van der Waals surface area contributed by atoms with Gasteiger partial charge in [-0.05, 0) is 0 Å². The highest BCUT2D eigenvalue weighted by Crippen LogP contribution is 2.27. The number of carbonyl (C=O) groups excluding carboxylic acids is 1. The van der Waals surface area contributed by atoms with Crippen molar-refractivity contribution in [2.24, 2.45) is 0 Å². The van der Waals surface area contributed by atoms with E-state index in [2.05, 4.69) is 10.1 Å². The first-order chi connectivity index (χ1) is 8.00. The van der Waals surface area contributed by atoms with Gasteiger partial charge in [0.25, 0.3) is 0 Å². The molecule has 7 heteroatoms. The Balaban J connectivity index is 2.33. The summed E-state index contributed by atoms with van der Waals surface area (Å²) in [4.78, 5) is 13.7. The summed E-state index contributed by atoms with van der Waals surface area (Å²) in [5.41, 5.74) is 0.836. The molecule has 0 aliphatic carbocycles. The second-order valence-corrected chi connectivity index (χ2v) is 3.25. The predicted octanol–water partition coefficient (Wildman–Crippen LogP) is 2.30. The molecular weight excluding hydrogens is 235 g/mol. The van der Waals surface area contributed by atoms with E-state index in [9.17, 15) is 18.0 Å². The van der Waals surface area contributed by atoms with Crippen LogP contribution in [0.2, 0.25) is 0 Å². The highest BCUT2D eigenvalue weighted by Gasteiger charge is 2.35. The summed E-state index contributed by atoms with van der Waals surface area (Å²) in [5.74, 6) is -1.21. The van der Waals surface area contributed by atoms with Gasteiger partial charge < -0.3 is 0 Å². The Bertz CT molecular complexity index is 530. The normalized spacial score (nSPS) is 11.5. The molecule has 17 heavy (non-hydrogen) atoms. The first-order valence-corrected chi connectivity index (χ1v) is 4.56. The smallest absolute Gasteiger partial charge is 0.298 e. The van der Waals surface area contributed by atoms with Crippen LogP contribution in [0.15, 0.2) is 24.3 Å². The Morgan fingerprint density at radius 3 is 2.29 bits per heavy atom. The predicted molar refractivity (Wildman–Crippen MR) is 52.2 cm³/mol. The maximum atomic E-state index is 12.3. The molecule has 88 valence electrons. The molecule has 2 aromatic rings. The number of hydrogen-bond acceptors (Lipinski definition) is 3. The lowest BCUT2D eigenvalue weighted by molar-refractivity contribution is -0.144. The molecule has 0 saturated carbocycles. The Morgan fingerprint density at radius 2 is 1.82 bits per heavy atom. The van der Waals surface area contributed by atoms with Crippen molar-refractivity contribution >= 4 is 6.29 Å². The quantitative estimate of drug-likeness (QED) is 0.820. The van der Waals surface area contributed by atoms with E-state index in [-0.39, 0.29) is 5.82 Å². The monoisotopic (exact) mass is 241 g/mol. The zero-order chi connectivity index (χ0) is 12.5. The molecular formula is C10H6F3N3O. The number of H-pyrrole nitrogens is 1. The van der Waals surface area contributed by atoms with Gasteiger partial charge in [0, 0.05) is 11.1 Å². The molecule has 0 unspecified atom stereocenters. The van der Waals surface area contributed by atoms with Crippen molar-refractivity contribution in [1.82, 2.24) is 15.2 Å².